The average Bonchev–Trinajstić information content (AvgIpc) is 2.84. The summed E-state index contributed by atoms with van der Waals surface area (Å²) in [7, 11) is 1.99. The van der Waals surface area contributed by atoms with Gasteiger partial charge in [-0.25, -0.2) is 0 Å². The Kier molecular flexibility index (Phi) is 4.99. The van der Waals surface area contributed by atoms with Gasteiger partial charge in [-0.15, -0.1) is 0 Å². The van der Waals surface area contributed by atoms with E-state index in [1.165, 1.54) is 0 Å². The number of morpholine rings is 1. The molecule has 1 fully saturated rings. The average molecular weight is 282 g/mol. The fourth-order valence-corrected chi connectivity index (χ4v) is 2.47. The molecule has 0 spiro atoms. The Morgan fingerprint density at radius 3 is 2.50 bits per heavy atom. The predicted molar refractivity (Wildman–Crippen MR) is 78.1 cm³/mol. The standard InChI is InChI=1S/C14H26N4O2/c1-10(2)13-15-14(20-16-13)17(5)6-7-18-8-11(3)19-12(4)9-18/h10-12H,6-9H2,1-5H3/t11-,12+. The summed E-state index contributed by atoms with van der Waals surface area (Å²) in [5, 5.41) is 3.99. The molecule has 1 aromatic rings. The lowest BCUT2D eigenvalue weighted by Crippen LogP contribution is -2.47. The van der Waals surface area contributed by atoms with Crippen molar-refractivity contribution in [3.05, 3.63) is 5.82 Å². The largest absolute Gasteiger partial charge is 0.373 e. The second-order valence-corrected chi connectivity index (χ2v) is 6.03. The van der Waals surface area contributed by atoms with Gasteiger partial charge in [0.1, 0.15) is 0 Å². The zero-order chi connectivity index (χ0) is 14.7. The minimum atomic E-state index is 0.293. The molecule has 2 atom stereocenters. The number of rotatable bonds is 5. The van der Waals surface area contributed by atoms with Crippen LogP contribution in [0.3, 0.4) is 0 Å². The van der Waals surface area contributed by atoms with Crippen molar-refractivity contribution in [2.75, 3.05) is 38.1 Å². The van der Waals surface area contributed by atoms with Crippen molar-refractivity contribution in [3.63, 3.8) is 0 Å². The molecule has 0 radical (unpaired) electrons. The Balaban J connectivity index is 1.83. The molecule has 2 heterocycles. The van der Waals surface area contributed by atoms with Crippen LogP contribution in [0.2, 0.25) is 0 Å². The van der Waals surface area contributed by atoms with Gasteiger partial charge in [-0.1, -0.05) is 19.0 Å². The topological polar surface area (TPSA) is 54.6 Å². The van der Waals surface area contributed by atoms with E-state index in [1.54, 1.807) is 0 Å². The van der Waals surface area contributed by atoms with Crippen LogP contribution in [0.1, 0.15) is 39.4 Å². The van der Waals surface area contributed by atoms with Crippen LogP contribution in [0.5, 0.6) is 0 Å². The highest BCUT2D eigenvalue weighted by atomic mass is 16.5. The molecule has 0 unspecified atom stereocenters. The van der Waals surface area contributed by atoms with Gasteiger partial charge >= 0.3 is 6.01 Å². The summed E-state index contributed by atoms with van der Waals surface area (Å²) in [6.07, 6.45) is 0.611. The van der Waals surface area contributed by atoms with Crippen LogP contribution in [-0.4, -0.2) is 60.5 Å². The Hall–Kier alpha value is -1.14. The molecule has 1 aliphatic heterocycles. The third kappa shape index (κ3) is 3.93. The van der Waals surface area contributed by atoms with E-state index in [-0.39, 0.29) is 0 Å². The summed E-state index contributed by atoms with van der Waals surface area (Å²) in [5.41, 5.74) is 0. The minimum absolute atomic E-state index is 0.293. The van der Waals surface area contributed by atoms with Crippen molar-refractivity contribution >= 4 is 6.01 Å². The molecule has 1 aliphatic rings. The van der Waals surface area contributed by atoms with Crippen LogP contribution >= 0.6 is 0 Å². The molecule has 0 bridgehead atoms. The highest BCUT2D eigenvalue weighted by Crippen LogP contribution is 2.16. The second-order valence-electron chi connectivity index (χ2n) is 6.03. The Morgan fingerprint density at radius 1 is 1.30 bits per heavy atom. The SMILES string of the molecule is CC(C)c1noc(N(C)CCN2C[C@@H](C)O[C@@H](C)C2)n1. The van der Waals surface area contributed by atoms with E-state index in [9.17, 15) is 0 Å². The smallest absolute Gasteiger partial charge is 0.323 e. The van der Waals surface area contributed by atoms with E-state index in [2.05, 4.69) is 42.7 Å². The van der Waals surface area contributed by atoms with Gasteiger partial charge in [-0.05, 0) is 13.8 Å². The number of anilines is 1. The maximum absolute atomic E-state index is 5.74. The zero-order valence-corrected chi connectivity index (χ0v) is 13.2. The fourth-order valence-electron chi connectivity index (χ4n) is 2.47. The summed E-state index contributed by atoms with van der Waals surface area (Å²) in [6.45, 7) is 12.2. The van der Waals surface area contributed by atoms with Crippen LogP contribution in [0.25, 0.3) is 0 Å². The van der Waals surface area contributed by atoms with Crippen LogP contribution in [0.4, 0.5) is 6.01 Å². The van der Waals surface area contributed by atoms with E-state index in [0.29, 0.717) is 24.1 Å². The molecule has 1 saturated heterocycles. The number of ether oxygens (including phenoxy) is 1. The lowest BCUT2D eigenvalue weighted by atomic mass is 10.2. The number of nitrogens with zero attached hydrogens (tertiary/aromatic N) is 4. The van der Waals surface area contributed by atoms with Gasteiger partial charge in [0.15, 0.2) is 5.82 Å². The van der Waals surface area contributed by atoms with E-state index >= 15 is 0 Å². The van der Waals surface area contributed by atoms with Crippen molar-refractivity contribution in [3.8, 4) is 0 Å². The number of aromatic nitrogens is 2. The highest BCUT2D eigenvalue weighted by molar-refractivity contribution is 5.23. The maximum atomic E-state index is 5.74. The normalized spacial score (nSPS) is 24.3. The third-order valence-corrected chi connectivity index (χ3v) is 3.52. The van der Waals surface area contributed by atoms with E-state index in [1.807, 2.05) is 11.9 Å². The van der Waals surface area contributed by atoms with Gasteiger partial charge in [0.2, 0.25) is 0 Å². The molecular formula is C14H26N4O2. The molecule has 6 heteroatoms. The highest BCUT2D eigenvalue weighted by Gasteiger charge is 2.22. The quantitative estimate of drug-likeness (QED) is 0.820. The summed E-state index contributed by atoms with van der Waals surface area (Å²) >= 11 is 0. The zero-order valence-electron chi connectivity index (χ0n) is 13.2. The van der Waals surface area contributed by atoms with Gasteiger partial charge in [-0.2, -0.15) is 4.98 Å². The Bertz CT molecular complexity index is 411. The molecule has 6 nitrogen and oxygen atoms in total. The summed E-state index contributed by atoms with van der Waals surface area (Å²) in [5.74, 6) is 1.06. The van der Waals surface area contributed by atoms with E-state index < -0.39 is 0 Å². The molecule has 0 saturated carbocycles. The minimum Gasteiger partial charge on any atom is -0.373 e. The molecule has 0 aliphatic carbocycles. The Morgan fingerprint density at radius 2 is 1.95 bits per heavy atom. The number of hydrogen-bond donors (Lipinski definition) is 0. The molecule has 114 valence electrons. The predicted octanol–water partition coefficient (Wildman–Crippen LogP) is 1.74. The first-order chi connectivity index (χ1) is 9.45. The van der Waals surface area contributed by atoms with Crippen LogP contribution in [0.15, 0.2) is 4.52 Å². The molecule has 2 rings (SSSR count). The number of likely N-dealkylation sites (N-methyl/N-ethyl adjacent to an activating group) is 1. The fraction of sp³-hybridized carbons (Fsp3) is 0.857. The van der Waals surface area contributed by atoms with Gasteiger partial charge in [0, 0.05) is 39.1 Å². The third-order valence-electron chi connectivity index (χ3n) is 3.52. The van der Waals surface area contributed by atoms with Crippen molar-refractivity contribution in [2.24, 2.45) is 0 Å². The van der Waals surface area contributed by atoms with Crippen molar-refractivity contribution in [2.45, 2.75) is 45.8 Å². The summed E-state index contributed by atoms with van der Waals surface area (Å²) in [4.78, 5) is 8.85. The molecular weight excluding hydrogens is 256 g/mol. The Labute approximate surface area is 121 Å². The van der Waals surface area contributed by atoms with Gasteiger partial charge in [-0.3, -0.25) is 4.90 Å². The summed E-state index contributed by atoms with van der Waals surface area (Å²) < 4.78 is 11.0. The van der Waals surface area contributed by atoms with Gasteiger partial charge in [0.05, 0.1) is 12.2 Å². The van der Waals surface area contributed by atoms with Crippen molar-refractivity contribution in [1.82, 2.24) is 15.0 Å². The lowest BCUT2D eigenvalue weighted by molar-refractivity contribution is -0.0670. The first-order valence-corrected chi connectivity index (χ1v) is 7.38. The summed E-state index contributed by atoms with van der Waals surface area (Å²) in [6, 6.07) is 0.600. The first kappa shape index (κ1) is 15.3. The van der Waals surface area contributed by atoms with Crippen LogP contribution < -0.4 is 4.90 Å². The van der Waals surface area contributed by atoms with Crippen LogP contribution in [0, 0.1) is 0 Å². The second kappa shape index (κ2) is 6.54. The maximum Gasteiger partial charge on any atom is 0.323 e. The lowest BCUT2D eigenvalue weighted by Gasteiger charge is -2.35. The molecule has 0 N–H and O–H groups in total. The molecule has 0 aromatic carbocycles. The number of hydrogen-bond acceptors (Lipinski definition) is 6. The first-order valence-electron chi connectivity index (χ1n) is 7.38. The van der Waals surface area contributed by atoms with Crippen molar-refractivity contribution in [1.29, 1.82) is 0 Å². The van der Waals surface area contributed by atoms with E-state index in [4.69, 9.17) is 9.26 Å². The molecule has 1 aromatic heterocycles. The molecule has 20 heavy (non-hydrogen) atoms. The van der Waals surface area contributed by atoms with Crippen LogP contribution in [-0.2, 0) is 4.74 Å². The molecule has 0 amide bonds. The van der Waals surface area contributed by atoms with Gasteiger partial charge < -0.3 is 14.2 Å². The monoisotopic (exact) mass is 282 g/mol. The van der Waals surface area contributed by atoms with E-state index in [0.717, 1.165) is 32.0 Å². The van der Waals surface area contributed by atoms with Gasteiger partial charge in [0.25, 0.3) is 0 Å². The van der Waals surface area contributed by atoms with Crippen molar-refractivity contribution < 1.29 is 9.26 Å².